The van der Waals surface area contributed by atoms with E-state index in [2.05, 4.69) is 25.6 Å². The predicted octanol–water partition coefficient (Wildman–Crippen LogP) is 4.78. The molecule has 10 heteroatoms. The lowest BCUT2D eigenvalue weighted by Crippen LogP contribution is -2.22. The first-order chi connectivity index (χ1) is 14.4. The number of aromatic nitrogens is 3. The van der Waals surface area contributed by atoms with E-state index in [1.165, 1.54) is 29.8 Å². The van der Waals surface area contributed by atoms with E-state index >= 15 is 0 Å². The van der Waals surface area contributed by atoms with E-state index in [4.69, 9.17) is 0 Å². The van der Waals surface area contributed by atoms with Crippen LogP contribution in [0.25, 0.3) is 10.2 Å². The number of carbonyl (C=O) groups is 1. The summed E-state index contributed by atoms with van der Waals surface area (Å²) >= 11 is 1.36. The molecule has 2 aromatic carbocycles. The van der Waals surface area contributed by atoms with Gasteiger partial charge >= 0.3 is 6.18 Å². The molecule has 4 aromatic rings. The number of alkyl halides is 3. The zero-order chi connectivity index (χ0) is 21.1. The first kappa shape index (κ1) is 19.8. The van der Waals surface area contributed by atoms with Gasteiger partial charge in [-0.25, -0.2) is 15.0 Å². The number of anilines is 2. The van der Waals surface area contributed by atoms with Gasteiger partial charge in [0.05, 0.1) is 15.8 Å². The monoisotopic (exact) mass is 429 g/mol. The number of amides is 1. The van der Waals surface area contributed by atoms with Gasteiger partial charge in [-0.15, -0.1) is 0 Å². The number of nitrogens with one attached hydrogen (secondary N) is 2. The zero-order valence-electron chi connectivity index (χ0n) is 15.3. The highest BCUT2D eigenvalue weighted by atomic mass is 32.1. The van der Waals surface area contributed by atoms with Crippen LogP contribution in [0.2, 0.25) is 0 Å². The second-order valence-corrected chi connectivity index (χ2v) is 7.33. The largest absolute Gasteiger partial charge is 0.416 e. The Labute approximate surface area is 172 Å². The molecule has 6 nitrogen and oxygen atoms in total. The van der Waals surface area contributed by atoms with Gasteiger partial charge in [0.15, 0.2) is 5.13 Å². The SMILES string of the molecule is O=C(NCc1cccc(C(F)(F)F)c1)c1ccc2nc(Nc3ccncn3)sc2c1. The highest BCUT2D eigenvalue weighted by molar-refractivity contribution is 7.22. The Morgan fingerprint density at radius 1 is 1.10 bits per heavy atom. The summed E-state index contributed by atoms with van der Waals surface area (Å²) in [6.45, 7) is -0.00992. The first-order valence-corrected chi connectivity index (χ1v) is 9.58. The van der Waals surface area contributed by atoms with Crippen molar-refractivity contribution >= 4 is 38.4 Å². The Kier molecular flexibility index (Phi) is 5.32. The molecule has 0 bridgehead atoms. The molecule has 0 atom stereocenters. The molecule has 0 aliphatic rings. The van der Waals surface area contributed by atoms with Gasteiger partial charge in [0.2, 0.25) is 0 Å². The van der Waals surface area contributed by atoms with Gasteiger partial charge in [-0.05, 0) is 42.0 Å². The molecular formula is C20H14F3N5OS. The number of carbonyl (C=O) groups excluding carboxylic acids is 1. The summed E-state index contributed by atoms with van der Waals surface area (Å²) in [7, 11) is 0. The van der Waals surface area contributed by atoms with Crippen molar-refractivity contribution in [1.82, 2.24) is 20.3 Å². The molecule has 0 aliphatic carbocycles. The molecule has 152 valence electrons. The fraction of sp³-hybridized carbons (Fsp3) is 0.100. The predicted molar refractivity (Wildman–Crippen MR) is 108 cm³/mol. The Morgan fingerprint density at radius 2 is 1.97 bits per heavy atom. The highest BCUT2D eigenvalue weighted by Crippen LogP contribution is 2.30. The summed E-state index contributed by atoms with van der Waals surface area (Å²) in [5.74, 6) is 0.219. The van der Waals surface area contributed by atoms with Gasteiger partial charge in [0.1, 0.15) is 12.1 Å². The number of hydrogen-bond donors (Lipinski definition) is 2. The summed E-state index contributed by atoms with van der Waals surface area (Å²) in [6.07, 6.45) is -1.40. The number of rotatable bonds is 5. The maximum Gasteiger partial charge on any atom is 0.416 e. The van der Waals surface area contributed by atoms with Crippen molar-refractivity contribution in [3.63, 3.8) is 0 Å². The topological polar surface area (TPSA) is 79.8 Å². The molecule has 0 unspecified atom stereocenters. The minimum absolute atomic E-state index is 0.00992. The van der Waals surface area contributed by atoms with Gasteiger partial charge in [-0.2, -0.15) is 13.2 Å². The molecule has 2 heterocycles. The van der Waals surface area contributed by atoms with Crippen LogP contribution in [-0.4, -0.2) is 20.9 Å². The minimum atomic E-state index is -4.42. The number of halogens is 3. The molecule has 0 aliphatic heterocycles. The Morgan fingerprint density at radius 3 is 2.73 bits per heavy atom. The zero-order valence-corrected chi connectivity index (χ0v) is 16.1. The fourth-order valence-electron chi connectivity index (χ4n) is 2.74. The van der Waals surface area contributed by atoms with Crippen LogP contribution in [0.5, 0.6) is 0 Å². The van der Waals surface area contributed by atoms with Crippen molar-refractivity contribution < 1.29 is 18.0 Å². The molecule has 0 radical (unpaired) electrons. The lowest BCUT2D eigenvalue weighted by molar-refractivity contribution is -0.137. The first-order valence-electron chi connectivity index (χ1n) is 8.76. The maximum atomic E-state index is 12.8. The molecule has 4 rings (SSSR count). The molecule has 0 saturated heterocycles. The van der Waals surface area contributed by atoms with Crippen molar-refractivity contribution in [2.24, 2.45) is 0 Å². The van der Waals surface area contributed by atoms with Crippen molar-refractivity contribution in [3.05, 3.63) is 77.7 Å². The third-order valence-corrected chi connectivity index (χ3v) is 5.11. The smallest absolute Gasteiger partial charge is 0.348 e. The standard InChI is InChI=1S/C20H14F3N5OS/c21-20(22,23)14-3-1-2-12(8-14)10-25-18(29)13-4-5-15-16(9-13)30-19(27-15)28-17-6-7-24-11-26-17/h1-9,11H,10H2,(H,25,29)(H,24,26,27,28). The molecular weight excluding hydrogens is 415 g/mol. The second-order valence-electron chi connectivity index (χ2n) is 6.30. The molecule has 1 amide bonds. The maximum absolute atomic E-state index is 12.8. The van der Waals surface area contributed by atoms with Crippen molar-refractivity contribution in [2.45, 2.75) is 12.7 Å². The van der Waals surface area contributed by atoms with Crippen LogP contribution in [-0.2, 0) is 12.7 Å². The van der Waals surface area contributed by atoms with E-state index in [9.17, 15) is 18.0 Å². The molecule has 2 aromatic heterocycles. The van der Waals surface area contributed by atoms with Gasteiger partial charge in [-0.3, -0.25) is 4.79 Å². The summed E-state index contributed by atoms with van der Waals surface area (Å²) < 4.78 is 39.2. The van der Waals surface area contributed by atoms with E-state index < -0.39 is 11.7 Å². The van der Waals surface area contributed by atoms with E-state index in [0.29, 0.717) is 27.6 Å². The second kappa shape index (κ2) is 8.07. The third-order valence-electron chi connectivity index (χ3n) is 4.17. The fourth-order valence-corrected chi connectivity index (χ4v) is 3.65. The summed E-state index contributed by atoms with van der Waals surface area (Å²) in [5.41, 5.74) is 0.732. The molecule has 30 heavy (non-hydrogen) atoms. The average Bonchev–Trinajstić information content (AvgIpc) is 3.13. The van der Waals surface area contributed by atoms with Gasteiger partial charge in [0, 0.05) is 18.3 Å². The lowest BCUT2D eigenvalue weighted by Gasteiger charge is -2.09. The van der Waals surface area contributed by atoms with E-state index in [1.807, 2.05) is 0 Å². The van der Waals surface area contributed by atoms with Crippen LogP contribution in [0.3, 0.4) is 0 Å². The number of hydrogen-bond acceptors (Lipinski definition) is 6. The highest BCUT2D eigenvalue weighted by Gasteiger charge is 2.30. The van der Waals surface area contributed by atoms with Crippen LogP contribution in [0.4, 0.5) is 24.1 Å². The summed E-state index contributed by atoms with van der Waals surface area (Å²) in [4.78, 5) is 24.8. The number of benzene rings is 2. The Bertz CT molecular complexity index is 1190. The van der Waals surface area contributed by atoms with Crippen LogP contribution >= 0.6 is 11.3 Å². The summed E-state index contributed by atoms with van der Waals surface area (Å²) in [6, 6.07) is 11.6. The van der Waals surface area contributed by atoms with E-state index in [1.54, 1.807) is 30.5 Å². The van der Waals surface area contributed by atoms with Crippen LogP contribution in [0.15, 0.2) is 61.1 Å². The Hall–Kier alpha value is -3.53. The van der Waals surface area contributed by atoms with Crippen molar-refractivity contribution in [3.8, 4) is 0 Å². The van der Waals surface area contributed by atoms with Gasteiger partial charge in [-0.1, -0.05) is 23.5 Å². The average molecular weight is 429 g/mol. The van der Waals surface area contributed by atoms with Gasteiger partial charge < -0.3 is 10.6 Å². The van der Waals surface area contributed by atoms with Crippen molar-refractivity contribution in [2.75, 3.05) is 5.32 Å². The van der Waals surface area contributed by atoms with E-state index in [-0.39, 0.29) is 12.5 Å². The van der Waals surface area contributed by atoms with E-state index in [0.717, 1.165) is 16.8 Å². The normalized spacial score (nSPS) is 11.4. The van der Waals surface area contributed by atoms with Gasteiger partial charge in [0.25, 0.3) is 5.91 Å². The minimum Gasteiger partial charge on any atom is -0.348 e. The quantitative estimate of drug-likeness (QED) is 0.477. The molecule has 2 N–H and O–H groups in total. The molecule has 0 saturated carbocycles. The summed E-state index contributed by atoms with van der Waals surface area (Å²) in [5, 5.41) is 6.34. The van der Waals surface area contributed by atoms with Crippen molar-refractivity contribution in [1.29, 1.82) is 0 Å². The Balaban J connectivity index is 1.46. The number of thiazole rings is 1. The molecule has 0 spiro atoms. The number of fused-ring (bicyclic) bond motifs is 1. The van der Waals surface area contributed by atoms with Crippen LogP contribution in [0, 0.1) is 0 Å². The lowest BCUT2D eigenvalue weighted by atomic mass is 10.1. The van der Waals surface area contributed by atoms with Crippen LogP contribution in [0.1, 0.15) is 21.5 Å². The third kappa shape index (κ3) is 4.54. The molecule has 0 fully saturated rings. The van der Waals surface area contributed by atoms with Crippen LogP contribution < -0.4 is 10.6 Å². The number of nitrogens with zero attached hydrogens (tertiary/aromatic N) is 3.